The van der Waals surface area contributed by atoms with Crippen LogP contribution in [0.5, 0.6) is 0 Å². The van der Waals surface area contributed by atoms with E-state index in [0.717, 1.165) is 55.3 Å². The minimum Gasteiger partial charge on any atom is -0.208 e. The van der Waals surface area contributed by atoms with Crippen LogP contribution < -0.4 is 0 Å². The van der Waals surface area contributed by atoms with Gasteiger partial charge in [-0.15, -0.1) is 0 Å². The lowest BCUT2D eigenvalue weighted by Gasteiger charge is -2.26. The Morgan fingerprint density at radius 3 is 1.24 bits per heavy atom. The molecule has 9 aromatic carbocycles. The first-order valence-corrected chi connectivity index (χ1v) is 20.3. The Labute approximate surface area is 344 Å². The average molecular weight is 754 g/mol. The molecular weight excluding hydrogens is 715 g/mol. The van der Waals surface area contributed by atoms with E-state index in [0.29, 0.717) is 17.5 Å². The number of fused-ring (bicyclic) bond motifs is 6. The van der Waals surface area contributed by atoms with Crippen molar-refractivity contribution in [1.29, 1.82) is 0 Å². The molecule has 0 fully saturated rings. The molecule has 0 saturated carbocycles. The summed E-state index contributed by atoms with van der Waals surface area (Å²) < 4.78 is 0. The third-order valence-electron chi connectivity index (χ3n) is 12.1. The number of hydrogen-bond acceptors (Lipinski definition) is 3. The van der Waals surface area contributed by atoms with Crippen LogP contribution in [0.4, 0.5) is 0 Å². The predicted octanol–water partition coefficient (Wildman–Crippen LogP) is 14.5. The Morgan fingerprint density at radius 1 is 0.288 bits per heavy atom. The van der Waals surface area contributed by atoms with Crippen LogP contribution in [0.3, 0.4) is 0 Å². The number of nitrogens with zero attached hydrogens (tertiary/aromatic N) is 3. The van der Waals surface area contributed by atoms with Gasteiger partial charge in [0.25, 0.3) is 0 Å². The first-order chi connectivity index (χ1) is 29.1. The Bertz CT molecular complexity index is 3140. The fourth-order valence-corrected chi connectivity index (χ4v) is 9.53. The van der Waals surface area contributed by atoms with Gasteiger partial charge >= 0.3 is 0 Å². The van der Waals surface area contributed by atoms with Gasteiger partial charge in [-0.25, -0.2) is 15.0 Å². The second kappa shape index (κ2) is 13.9. The maximum atomic E-state index is 5.58. The molecular formula is C56H39N3. The van der Waals surface area contributed by atoms with E-state index in [1.165, 1.54) is 38.6 Å². The highest BCUT2D eigenvalue weighted by Gasteiger charge is 2.38. The normalized spacial score (nSPS) is 12.7. The van der Waals surface area contributed by atoms with E-state index in [9.17, 15) is 0 Å². The fraction of sp³-hybridized carbons (Fsp3) is 0.0536. The molecule has 0 atom stereocenters. The molecule has 1 aliphatic rings. The smallest absolute Gasteiger partial charge is 0.165 e. The van der Waals surface area contributed by atoms with Crippen molar-refractivity contribution in [2.45, 2.75) is 19.3 Å². The lowest BCUT2D eigenvalue weighted by atomic mass is 9.76. The standard InChI is InChI=1S/C56H39N3/c1-56(2)49-35-18-17-28-42(49)45-33-19-34-48(52(45)56)50-43-29-13-11-26-40(43)41-27-12-14-30-44(41)51(50)55-58-53(46-31-15-9-24-38(46)36-20-5-3-6-21-36)57-54(59-55)47-32-16-10-25-39(47)37-22-7-4-8-23-37/h3-35H,1-2H3. The molecule has 1 aromatic heterocycles. The van der Waals surface area contributed by atoms with Gasteiger partial charge in [-0.05, 0) is 71.6 Å². The number of benzene rings is 9. The number of aromatic nitrogens is 3. The molecule has 1 heterocycles. The van der Waals surface area contributed by atoms with Crippen molar-refractivity contribution in [3.8, 4) is 78.7 Å². The fourth-order valence-electron chi connectivity index (χ4n) is 9.53. The lowest BCUT2D eigenvalue weighted by molar-refractivity contribution is 0.662. The van der Waals surface area contributed by atoms with Crippen LogP contribution in [0.15, 0.2) is 200 Å². The lowest BCUT2D eigenvalue weighted by Crippen LogP contribution is -2.16. The van der Waals surface area contributed by atoms with Gasteiger partial charge < -0.3 is 0 Å². The molecule has 10 aromatic rings. The zero-order valence-corrected chi connectivity index (χ0v) is 32.9. The third kappa shape index (κ3) is 5.61. The van der Waals surface area contributed by atoms with Crippen molar-refractivity contribution in [1.82, 2.24) is 15.0 Å². The SMILES string of the molecule is CC1(C)c2ccccc2-c2cccc(-c3c(-c4nc(-c5ccccc5-c5ccccc5)nc(-c5ccccc5-c5ccccc5)n4)c4ccccc4c4ccccc34)c21. The van der Waals surface area contributed by atoms with Crippen molar-refractivity contribution in [2.24, 2.45) is 0 Å². The van der Waals surface area contributed by atoms with Gasteiger partial charge in [-0.2, -0.15) is 0 Å². The second-order valence-corrected chi connectivity index (χ2v) is 15.9. The van der Waals surface area contributed by atoms with Crippen LogP contribution in [0.25, 0.3) is 100 Å². The maximum absolute atomic E-state index is 5.58. The molecule has 0 bridgehead atoms. The van der Waals surface area contributed by atoms with E-state index < -0.39 is 0 Å². The molecule has 3 heteroatoms. The quantitative estimate of drug-likeness (QED) is 0.159. The molecule has 0 N–H and O–H groups in total. The Kier molecular flexibility index (Phi) is 8.16. The summed E-state index contributed by atoms with van der Waals surface area (Å²) in [6, 6.07) is 71.2. The molecule has 0 unspecified atom stereocenters. The first-order valence-electron chi connectivity index (χ1n) is 20.3. The summed E-state index contributed by atoms with van der Waals surface area (Å²) in [6.45, 7) is 4.73. The first kappa shape index (κ1) is 34.7. The van der Waals surface area contributed by atoms with E-state index in [-0.39, 0.29) is 5.41 Å². The monoisotopic (exact) mass is 753 g/mol. The maximum Gasteiger partial charge on any atom is 0.165 e. The minimum absolute atomic E-state index is 0.245. The topological polar surface area (TPSA) is 38.7 Å². The summed E-state index contributed by atoms with van der Waals surface area (Å²) in [4.78, 5) is 16.6. The van der Waals surface area contributed by atoms with Gasteiger partial charge in [0.2, 0.25) is 0 Å². The average Bonchev–Trinajstić information content (AvgIpc) is 3.55. The molecule has 278 valence electrons. The molecule has 0 radical (unpaired) electrons. The van der Waals surface area contributed by atoms with Gasteiger partial charge in [0, 0.05) is 27.7 Å². The highest BCUT2D eigenvalue weighted by molar-refractivity contribution is 6.21. The van der Waals surface area contributed by atoms with E-state index in [1.54, 1.807) is 0 Å². The van der Waals surface area contributed by atoms with E-state index >= 15 is 0 Å². The van der Waals surface area contributed by atoms with Gasteiger partial charge in [-0.3, -0.25) is 0 Å². The molecule has 0 saturated heterocycles. The van der Waals surface area contributed by atoms with E-state index in [2.05, 4.69) is 214 Å². The Balaban J connectivity index is 1.28. The highest BCUT2D eigenvalue weighted by Crippen LogP contribution is 2.55. The van der Waals surface area contributed by atoms with Gasteiger partial charge in [0.15, 0.2) is 17.5 Å². The van der Waals surface area contributed by atoms with Crippen molar-refractivity contribution in [2.75, 3.05) is 0 Å². The zero-order chi connectivity index (χ0) is 39.5. The van der Waals surface area contributed by atoms with Crippen LogP contribution in [0, 0.1) is 0 Å². The summed E-state index contributed by atoms with van der Waals surface area (Å²) in [6.07, 6.45) is 0. The molecule has 3 nitrogen and oxygen atoms in total. The van der Waals surface area contributed by atoms with E-state index in [4.69, 9.17) is 15.0 Å². The summed E-state index contributed by atoms with van der Waals surface area (Å²) in [5.41, 5.74) is 14.6. The van der Waals surface area contributed by atoms with Crippen molar-refractivity contribution >= 4 is 21.5 Å². The van der Waals surface area contributed by atoms with Crippen LogP contribution in [-0.2, 0) is 5.41 Å². The van der Waals surface area contributed by atoms with Crippen molar-refractivity contribution in [3.05, 3.63) is 211 Å². The number of rotatable bonds is 6. The zero-order valence-electron chi connectivity index (χ0n) is 32.9. The van der Waals surface area contributed by atoms with Gasteiger partial charge in [-0.1, -0.05) is 214 Å². The van der Waals surface area contributed by atoms with Crippen LogP contribution in [-0.4, -0.2) is 15.0 Å². The summed E-state index contributed by atoms with van der Waals surface area (Å²) in [7, 11) is 0. The Hall–Kier alpha value is -7.49. The summed E-state index contributed by atoms with van der Waals surface area (Å²) in [5, 5.41) is 4.63. The van der Waals surface area contributed by atoms with Crippen molar-refractivity contribution in [3.63, 3.8) is 0 Å². The molecule has 0 amide bonds. The van der Waals surface area contributed by atoms with Crippen LogP contribution in [0.2, 0.25) is 0 Å². The van der Waals surface area contributed by atoms with Crippen molar-refractivity contribution < 1.29 is 0 Å². The molecule has 0 aliphatic heterocycles. The summed E-state index contributed by atoms with van der Waals surface area (Å²) in [5.74, 6) is 1.89. The predicted molar refractivity (Wildman–Crippen MR) is 245 cm³/mol. The molecule has 59 heavy (non-hydrogen) atoms. The molecule has 11 rings (SSSR count). The van der Waals surface area contributed by atoms with Crippen LogP contribution in [0.1, 0.15) is 25.0 Å². The molecule has 0 spiro atoms. The highest BCUT2D eigenvalue weighted by atomic mass is 15.0. The Morgan fingerprint density at radius 2 is 0.678 bits per heavy atom. The second-order valence-electron chi connectivity index (χ2n) is 15.9. The van der Waals surface area contributed by atoms with Crippen LogP contribution >= 0.6 is 0 Å². The molecule has 1 aliphatic carbocycles. The minimum atomic E-state index is -0.245. The number of hydrogen-bond donors (Lipinski definition) is 0. The van der Waals surface area contributed by atoms with Gasteiger partial charge in [0.05, 0.1) is 0 Å². The van der Waals surface area contributed by atoms with E-state index in [1.807, 2.05) is 0 Å². The van der Waals surface area contributed by atoms with Gasteiger partial charge in [0.1, 0.15) is 0 Å². The largest absolute Gasteiger partial charge is 0.208 e. The summed E-state index contributed by atoms with van der Waals surface area (Å²) >= 11 is 0. The third-order valence-corrected chi connectivity index (χ3v) is 12.1.